The van der Waals surface area contributed by atoms with Gasteiger partial charge in [0.25, 0.3) is 5.91 Å². The summed E-state index contributed by atoms with van der Waals surface area (Å²) in [6, 6.07) is 13.5. The number of amides is 1. The zero-order valence-electron chi connectivity index (χ0n) is 14.9. The summed E-state index contributed by atoms with van der Waals surface area (Å²) in [7, 11) is 0. The Hall–Kier alpha value is -2.66. The summed E-state index contributed by atoms with van der Waals surface area (Å²) in [5.41, 5.74) is 4.43. The summed E-state index contributed by atoms with van der Waals surface area (Å²) < 4.78 is 5.92. The van der Waals surface area contributed by atoms with Crippen molar-refractivity contribution in [2.45, 2.75) is 32.8 Å². The fourth-order valence-electron chi connectivity index (χ4n) is 3.18. The molecule has 0 aliphatic carbocycles. The van der Waals surface area contributed by atoms with Crippen LogP contribution in [-0.2, 0) is 0 Å². The molecule has 132 valence electrons. The summed E-state index contributed by atoms with van der Waals surface area (Å²) in [4.78, 5) is 17.2. The third kappa shape index (κ3) is 2.99. The number of hydrogen-bond acceptors (Lipinski definition) is 4. The Kier molecular flexibility index (Phi) is 4.24. The Morgan fingerprint density at radius 2 is 1.92 bits per heavy atom. The van der Waals surface area contributed by atoms with Crippen LogP contribution in [0.15, 0.2) is 47.8 Å². The number of carbonyl (C=O) groups is 1. The van der Waals surface area contributed by atoms with Crippen LogP contribution in [0.2, 0.25) is 0 Å². The molecule has 0 spiro atoms. The van der Waals surface area contributed by atoms with Crippen LogP contribution in [0.3, 0.4) is 0 Å². The lowest BCUT2D eigenvalue weighted by Crippen LogP contribution is -2.14. The molecule has 2 heterocycles. The molecule has 0 saturated heterocycles. The number of fused-ring (bicyclic) bond motifs is 1. The summed E-state index contributed by atoms with van der Waals surface area (Å²) in [6.45, 7) is 6.15. The number of aromatic nitrogens is 1. The van der Waals surface area contributed by atoms with Gasteiger partial charge in [-0.05, 0) is 32.0 Å². The fraction of sp³-hybridized carbons (Fsp3) is 0.238. The first-order valence-corrected chi connectivity index (χ1v) is 9.54. The minimum Gasteiger partial charge on any atom is -0.489 e. The van der Waals surface area contributed by atoms with Crippen LogP contribution in [0.5, 0.6) is 5.75 Å². The SMILES string of the molecule is Cc1nc(-c2ccc(NC(=O)c3cccc4c3OC(C)C4C)cc2)cs1. The Labute approximate surface area is 156 Å². The fourth-order valence-corrected chi connectivity index (χ4v) is 3.81. The van der Waals surface area contributed by atoms with Crippen LogP contribution in [-0.4, -0.2) is 17.0 Å². The van der Waals surface area contributed by atoms with Gasteiger partial charge in [-0.15, -0.1) is 11.3 Å². The molecule has 0 bridgehead atoms. The number of nitrogens with zero attached hydrogens (tertiary/aromatic N) is 1. The highest BCUT2D eigenvalue weighted by atomic mass is 32.1. The molecule has 5 heteroatoms. The molecule has 0 radical (unpaired) electrons. The number of hydrogen-bond donors (Lipinski definition) is 1. The van der Waals surface area contributed by atoms with Crippen molar-refractivity contribution in [3.8, 4) is 17.0 Å². The topological polar surface area (TPSA) is 51.2 Å². The first kappa shape index (κ1) is 16.8. The molecule has 0 saturated carbocycles. The van der Waals surface area contributed by atoms with Gasteiger partial charge in [0, 0.05) is 28.1 Å². The highest BCUT2D eigenvalue weighted by molar-refractivity contribution is 7.09. The van der Waals surface area contributed by atoms with Gasteiger partial charge in [-0.2, -0.15) is 0 Å². The molecule has 3 aromatic rings. The van der Waals surface area contributed by atoms with Gasteiger partial charge in [0.1, 0.15) is 11.9 Å². The number of anilines is 1. The van der Waals surface area contributed by atoms with Gasteiger partial charge < -0.3 is 10.1 Å². The highest BCUT2D eigenvalue weighted by Gasteiger charge is 2.31. The molecule has 4 nitrogen and oxygen atoms in total. The van der Waals surface area contributed by atoms with E-state index in [1.807, 2.05) is 61.7 Å². The Morgan fingerprint density at radius 3 is 2.62 bits per heavy atom. The number of nitrogens with one attached hydrogen (secondary N) is 1. The quantitative estimate of drug-likeness (QED) is 0.690. The molecule has 2 aromatic carbocycles. The Balaban J connectivity index is 1.54. The number of benzene rings is 2. The predicted octanol–water partition coefficient (Wildman–Crippen LogP) is 5.26. The van der Waals surface area contributed by atoms with Crippen molar-refractivity contribution in [1.82, 2.24) is 4.98 Å². The summed E-state index contributed by atoms with van der Waals surface area (Å²) in [5, 5.41) is 6.04. The van der Waals surface area contributed by atoms with Gasteiger partial charge in [-0.1, -0.05) is 31.2 Å². The molecule has 0 fully saturated rings. The lowest BCUT2D eigenvalue weighted by molar-refractivity contribution is 0.102. The van der Waals surface area contributed by atoms with Gasteiger partial charge in [0.2, 0.25) is 0 Å². The van der Waals surface area contributed by atoms with E-state index >= 15 is 0 Å². The van der Waals surface area contributed by atoms with E-state index in [1.54, 1.807) is 11.3 Å². The molecule has 4 rings (SSSR count). The van der Waals surface area contributed by atoms with Crippen molar-refractivity contribution in [2.75, 3.05) is 5.32 Å². The standard InChI is InChI=1S/C21H20N2O2S/c1-12-13(2)25-20-17(12)5-4-6-18(20)21(24)23-16-9-7-15(8-10-16)19-11-26-14(3)22-19/h4-13H,1-3H3,(H,23,24). The van der Waals surface area contributed by atoms with Crippen LogP contribution in [0.4, 0.5) is 5.69 Å². The van der Waals surface area contributed by atoms with E-state index < -0.39 is 0 Å². The number of carbonyl (C=O) groups excluding carboxylic acids is 1. The number of para-hydroxylation sites is 1. The van der Waals surface area contributed by atoms with Gasteiger partial charge in [-0.3, -0.25) is 4.79 Å². The van der Waals surface area contributed by atoms with Crippen LogP contribution in [0.25, 0.3) is 11.3 Å². The molecular formula is C21H20N2O2S. The van der Waals surface area contributed by atoms with Crippen molar-refractivity contribution in [1.29, 1.82) is 0 Å². The van der Waals surface area contributed by atoms with Crippen molar-refractivity contribution in [3.63, 3.8) is 0 Å². The summed E-state index contributed by atoms with van der Waals surface area (Å²) in [5.74, 6) is 0.846. The lowest BCUT2D eigenvalue weighted by atomic mass is 9.97. The number of thiazole rings is 1. The number of ether oxygens (including phenoxy) is 1. The van der Waals surface area contributed by atoms with E-state index in [-0.39, 0.29) is 12.0 Å². The van der Waals surface area contributed by atoms with E-state index in [9.17, 15) is 4.79 Å². The van der Waals surface area contributed by atoms with Crippen LogP contribution in [0, 0.1) is 6.92 Å². The van der Waals surface area contributed by atoms with E-state index in [2.05, 4.69) is 17.2 Å². The summed E-state index contributed by atoms with van der Waals surface area (Å²) in [6.07, 6.45) is 0.0831. The molecular weight excluding hydrogens is 344 g/mol. The monoisotopic (exact) mass is 364 g/mol. The van der Waals surface area contributed by atoms with E-state index in [4.69, 9.17) is 4.74 Å². The molecule has 2 unspecified atom stereocenters. The number of aryl methyl sites for hydroxylation is 1. The average molecular weight is 364 g/mol. The lowest BCUT2D eigenvalue weighted by Gasteiger charge is -2.10. The molecule has 1 N–H and O–H groups in total. The van der Waals surface area contributed by atoms with Gasteiger partial charge >= 0.3 is 0 Å². The van der Waals surface area contributed by atoms with Gasteiger partial charge in [-0.25, -0.2) is 4.98 Å². The highest BCUT2D eigenvalue weighted by Crippen LogP contribution is 2.40. The zero-order valence-corrected chi connectivity index (χ0v) is 15.8. The maximum absolute atomic E-state index is 12.7. The second kappa shape index (κ2) is 6.57. The molecule has 1 aliphatic heterocycles. The van der Waals surface area contributed by atoms with Gasteiger partial charge in [0.05, 0.1) is 16.3 Å². The van der Waals surface area contributed by atoms with Crippen LogP contribution >= 0.6 is 11.3 Å². The van der Waals surface area contributed by atoms with E-state index in [0.717, 1.165) is 27.5 Å². The van der Waals surface area contributed by atoms with Crippen molar-refractivity contribution < 1.29 is 9.53 Å². The second-order valence-electron chi connectivity index (χ2n) is 6.62. The molecule has 1 aromatic heterocycles. The van der Waals surface area contributed by atoms with Crippen LogP contribution < -0.4 is 10.1 Å². The largest absolute Gasteiger partial charge is 0.489 e. The Bertz CT molecular complexity index is 962. The minimum atomic E-state index is -0.152. The van der Waals surface area contributed by atoms with Crippen molar-refractivity contribution in [2.24, 2.45) is 0 Å². The Morgan fingerprint density at radius 1 is 1.15 bits per heavy atom. The predicted molar refractivity (Wildman–Crippen MR) is 105 cm³/mol. The third-order valence-corrected chi connectivity index (χ3v) is 5.62. The normalized spacial score (nSPS) is 18.3. The van der Waals surface area contributed by atoms with E-state index in [0.29, 0.717) is 17.2 Å². The maximum atomic E-state index is 12.7. The maximum Gasteiger partial charge on any atom is 0.259 e. The van der Waals surface area contributed by atoms with E-state index in [1.165, 1.54) is 0 Å². The summed E-state index contributed by atoms with van der Waals surface area (Å²) >= 11 is 1.63. The van der Waals surface area contributed by atoms with Crippen LogP contribution in [0.1, 0.15) is 40.7 Å². The smallest absolute Gasteiger partial charge is 0.259 e. The minimum absolute atomic E-state index is 0.0831. The molecule has 26 heavy (non-hydrogen) atoms. The number of rotatable bonds is 3. The second-order valence-corrected chi connectivity index (χ2v) is 7.68. The molecule has 1 amide bonds. The zero-order chi connectivity index (χ0) is 18.3. The first-order valence-electron chi connectivity index (χ1n) is 8.66. The van der Waals surface area contributed by atoms with Crippen molar-refractivity contribution in [3.05, 3.63) is 64.0 Å². The first-order chi connectivity index (χ1) is 12.5. The molecule has 2 atom stereocenters. The van der Waals surface area contributed by atoms with Gasteiger partial charge in [0.15, 0.2) is 0 Å². The average Bonchev–Trinajstić information content (AvgIpc) is 3.19. The third-order valence-electron chi connectivity index (χ3n) is 4.85. The molecule has 1 aliphatic rings. The van der Waals surface area contributed by atoms with Crippen molar-refractivity contribution >= 4 is 22.9 Å².